The van der Waals surface area contributed by atoms with Crippen molar-refractivity contribution in [3.8, 4) is 0 Å². The van der Waals surface area contributed by atoms with Gasteiger partial charge < -0.3 is 10.8 Å². The number of benzene rings is 1. The summed E-state index contributed by atoms with van der Waals surface area (Å²) in [4.78, 5) is 10.7. The monoisotopic (exact) mass is 295 g/mol. The molecule has 0 aromatic heterocycles. The number of rotatable bonds is 4. The molecular weight excluding hydrogens is 274 g/mol. The van der Waals surface area contributed by atoms with E-state index in [2.05, 4.69) is 6.92 Å². The normalized spacial score (nSPS) is 24.4. The van der Waals surface area contributed by atoms with E-state index in [1.807, 2.05) is 18.2 Å². The molecule has 20 heavy (non-hydrogen) atoms. The predicted octanol–water partition coefficient (Wildman–Crippen LogP) is 4.11. The van der Waals surface area contributed by atoms with Crippen molar-refractivity contribution < 1.29 is 9.90 Å². The van der Waals surface area contributed by atoms with Gasteiger partial charge in [-0.1, -0.05) is 43.5 Å². The number of carbonyl (C=O) groups is 1. The number of aliphatic carboxylic acids is 1. The van der Waals surface area contributed by atoms with E-state index in [9.17, 15) is 4.79 Å². The van der Waals surface area contributed by atoms with E-state index in [0.29, 0.717) is 5.92 Å². The van der Waals surface area contributed by atoms with Gasteiger partial charge >= 0.3 is 5.97 Å². The Kier molecular flexibility index (Phi) is 5.06. The highest BCUT2D eigenvalue weighted by Crippen LogP contribution is 2.39. The van der Waals surface area contributed by atoms with Gasteiger partial charge in [0.15, 0.2) is 0 Å². The first-order valence-electron chi connectivity index (χ1n) is 7.24. The summed E-state index contributed by atoms with van der Waals surface area (Å²) >= 11 is 6.38. The number of halogens is 1. The summed E-state index contributed by atoms with van der Waals surface area (Å²) in [6, 6.07) is 5.29. The largest absolute Gasteiger partial charge is 0.481 e. The Morgan fingerprint density at radius 1 is 1.40 bits per heavy atom. The lowest BCUT2D eigenvalue weighted by Gasteiger charge is -2.27. The second kappa shape index (κ2) is 6.59. The van der Waals surface area contributed by atoms with Gasteiger partial charge in [-0.25, -0.2) is 0 Å². The van der Waals surface area contributed by atoms with Gasteiger partial charge in [-0.05, 0) is 41.9 Å². The van der Waals surface area contributed by atoms with Crippen LogP contribution in [0.25, 0.3) is 0 Å². The van der Waals surface area contributed by atoms with Crippen molar-refractivity contribution in [1.82, 2.24) is 0 Å². The first kappa shape index (κ1) is 15.3. The maximum atomic E-state index is 10.7. The van der Waals surface area contributed by atoms with Crippen molar-refractivity contribution in [3.63, 3.8) is 0 Å². The van der Waals surface area contributed by atoms with Crippen LogP contribution in [0.5, 0.6) is 0 Å². The van der Waals surface area contributed by atoms with Crippen LogP contribution in [0.3, 0.4) is 0 Å². The van der Waals surface area contributed by atoms with Gasteiger partial charge in [-0.2, -0.15) is 0 Å². The van der Waals surface area contributed by atoms with Crippen LogP contribution in [0.15, 0.2) is 18.2 Å². The average Bonchev–Trinajstić information content (AvgIpc) is 2.39. The van der Waals surface area contributed by atoms with Crippen LogP contribution < -0.4 is 5.73 Å². The van der Waals surface area contributed by atoms with Crippen LogP contribution in [0.2, 0.25) is 5.02 Å². The van der Waals surface area contributed by atoms with E-state index < -0.39 is 12.0 Å². The molecule has 1 aliphatic rings. The zero-order valence-electron chi connectivity index (χ0n) is 11.8. The Hall–Kier alpha value is -1.06. The predicted molar refractivity (Wildman–Crippen MR) is 81.0 cm³/mol. The van der Waals surface area contributed by atoms with Crippen LogP contribution in [0.4, 0.5) is 0 Å². The first-order chi connectivity index (χ1) is 9.47. The van der Waals surface area contributed by atoms with Crippen molar-refractivity contribution in [2.75, 3.05) is 0 Å². The molecule has 3 nitrogen and oxygen atoms in total. The standard InChI is InChI=1S/C16H22ClNO2/c1-10-2-4-11(5-3-10)13-7-6-12(8-14(13)17)15(18)9-16(19)20/h6-8,10-11,15H,2-5,9,18H2,1H3,(H,19,20). The molecule has 4 heteroatoms. The lowest BCUT2D eigenvalue weighted by Crippen LogP contribution is -2.15. The maximum absolute atomic E-state index is 10.7. The molecule has 0 radical (unpaired) electrons. The summed E-state index contributed by atoms with van der Waals surface area (Å²) < 4.78 is 0. The van der Waals surface area contributed by atoms with Gasteiger partial charge in [-0.3, -0.25) is 4.79 Å². The molecule has 1 aromatic rings. The Labute approximate surface area is 125 Å². The summed E-state index contributed by atoms with van der Waals surface area (Å²) in [5.74, 6) is 0.454. The number of nitrogens with two attached hydrogens (primary N) is 1. The minimum atomic E-state index is -0.890. The van der Waals surface area contributed by atoms with E-state index in [-0.39, 0.29) is 6.42 Å². The highest BCUT2D eigenvalue weighted by atomic mass is 35.5. The van der Waals surface area contributed by atoms with Crippen molar-refractivity contribution >= 4 is 17.6 Å². The quantitative estimate of drug-likeness (QED) is 0.878. The summed E-state index contributed by atoms with van der Waals surface area (Å²) in [5.41, 5.74) is 7.85. The summed E-state index contributed by atoms with van der Waals surface area (Å²) in [6.07, 6.45) is 4.79. The topological polar surface area (TPSA) is 63.3 Å². The van der Waals surface area contributed by atoms with Gasteiger partial charge in [0.2, 0.25) is 0 Å². The maximum Gasteiger partial charge on any atom is 0.305 e. The van der Waals surface area contributed by atoms with Crippen LogP contribution in [0, 0.1) is 5.92 Å². The Balaban J connectivity index is 2.11. The van der Waals surface area contributed by atoms with E-state index in [1.54, 1.807) is 0 Å². The molecular formula is C16H22ClNO2. The van der Waals surface area contributed by atoms with E-state index in [1.165, 1.54) is 31.2 Å². The molecule has 0 bridgehead atoms. The first-order valence-corrected chi connectivity index (χ1v) is 7.62. The second-order valence-corrected chi connectivity index (χ2v) is 6.35. The molecule has 0 spiro atoms. The van der Waals surface area contributed by atoms with Crippen molar-refractivity contribution in [1.29, 1.82) is 0 Å². The highest BCUT2D eigenvalue weighted by molar-refractivity contribution is 6.31. The third-order valence-corrected chi connectivity index (χ3v) is 4.63. The van der Waals surface area contributed by atoms with Gasteiger partial charge in [0, 0.05) is 11.1 Å². The van der Waals surface area contributed by atoms with Crippen LogP contribution in [-0.4, -0.2) is 11.1 Å². The zero-order valence-corrected chi connectivity index (χ0v) is 12.6. The summed E-state index contributed by atoms with van der Waals surface area (Å²) in [6.45, 7) is 2.30. The molecule has 0 heterocycles. The van der Waals surface area contributed by atoms with Gasteiger partial charge in [0.05, 0.1) is 6.42 Å². The minimum Gasteiger partial charge on any atom is -0.481 e. The van der Waals surface area contributed by atoms with Crippen molar-refractivity contribution in [2.45, 2.75) is 51.0 Å². The lowest BCUT2D eigenvalue weighted by atomic mass is 9.79. The SMILES string of the molecule is CC1CCC(c2ccc(C(N)CC(=O)O)cc2Cl)CC1. The molecule has 1 saturated carbocycles. The number of hydrogen-bond donors (Lipinski definition) is 2. The summed E-state index contributed by atoms with van der Waals surface area (Å²) in [5, 5.41) is 9.51. The molecule has 1 aliphatic carbocycles. The molecule has 0 saturated heterocycles. The molecule has 1 fully saturated rings. The molecule has 0 aliphatic heterocycles. The fraction of sp³-hybridized carbons (Fsp3) is 0.562. The average molecular weight is 296 g/mol. The fourth-order valence-electron chi connectivity index (χ4n) is 2.98. The fourth-order valence-corrected chi connectivity index (χ4v) is 3.33. The Bertz CT molecular complexity index is 481. The van der Waals surface area contributed by atoms with Crippen LogP contribution >= 0.6 is 11.6 Å². The van der Waals surface area contributed by atoms with E-state index >= 15 is 0 Å². The molecule has 110 valence electrons. The van der Waals surface area contributed by atoms with Gasteiger partial charge in [0.25, 0.3) is 0 Å². The third-order valence-electron chi connectivity index (χ3n) is 4.30. The minimum absolute atomic E-state index is 0.0728. The summed E-state index contributed by atoms with van der Waals surface area (Å²) in [7, 11) is 0. The smallest absolute Gasteiger partial charge is 0.305 e. The third kappa shape index (κ3) is 3.74. The van der Waals surface area contributed by atoms with E-state index in [4.69, 9.17) is 22.4 Å². The number of carboxylic acid groups (broad SMARTS) is 1. The Morgan fingerprint density at radius 2 is 2.05 bits per heavy atom. The van der Waals surface area contributed by atoms with Crippen molar-refractivity contribution in [2.24, 2.45) is 11.7 Å². The molecule has 1 unspecified atom stereocenters. The zero-order chi connectivity index (χ0) is 14.7. The van der Waals surface area contributed by atoms with Crippen LogP contribution in [0.1, 0.15) is 62.1 Å². The van der Waals surface area contributed by atoms with Gasteiger partial charge in [-0.15, -0.1) is 0 Å². The second-order valence-electron chi connectivity index (χ2n) is 5.94. The molecule has 0 amide bonds. The highest BCUT2D eigenvalue weighted by Gasteiger charge is 2.22. The van der Waals surface area contributed by atoms with Crippen LogP contribution in [-0.2, 0) is 4.79 Å². The Morgan fingerprint density at radius 3 is 2.60 bits per heavy atom. The molecule has 1 aromatic carbocycles. The van der Waals surface area contributed by atoms with Crippen molar-refractivity contribution in [3.05, 3.63) is 34.3 Å². The van der Waals surface area contributed by atoms with E-state index in [0.717, 1.165) is 16.5 Å². The van der Waals surface area contributed by atoms with Gasteiger partial charge in [0.1, 0.15) is 0 Å². The molecule has 3 N–H and O–H groups in total. The number of hydrogen-bond acceptors (Lipinski definition) is 2. The number of carboxylic acids is 1. The molecule has 1 atom stereocenters. The lowest BCUT2D eigenvalue weighted by molar-refractivity contribution is -0.137. The molecule has 2 rings (SSSR count).